The van der Waals surface area contributed by atoms with Crippen LogP contribution < -0.4 is 15.1 Å². The maximum atomic E-state index is 13.6. The summed E-state index contributed by atoms with van der Waals surface area (Å²) in [7, 11) is -2.60. The van der Waals surface area contributed by atoms with E-state index in [0.29, 0.717) is 31.9 Å². The second-order valence-electron chi connectivity index (χ2n) is 9.15. The number of nitrogens with one attached hydrogen (secondary N) is 1. The topological polar surface area (TPSA) is 112 Å². The summed E-state index contributed by atoms with van der Waals surface area (Å²) < 4.78 is 99.3. The van der Waals surface area contributed by atoms with Crippen molar-refractivity contribution in [2.75, 3.05) is 71.0 Å². The third-order valence-corrected chi connectivity index (χ3v) is 9.53. The highest BCUT2D eigenvalue weighted by molar-refractivity contribution is 7.91. The van der Waals surface area contributed by atoms with Crippen LogP contribution in [0.25, 0.3) is 0 Å². The highest BCUT2D eigenvalue weighted by atomic mass is 32.2. The van der Waals surface area contributed by atoms with Crippen LogP contribution in [0.15, 0.2) is 24.3 Å². The van der Waals surface area contributed by atoms with Gasteiger partial charge in [0.05, 0.1) is 6.61 Å². The maximum absolute atomic E-state index is 13.6. The highest BCUT2D eigenvalue weighted by Gasteiger charge is 2.58. The van der Waals surface area contributed by atoms with E-state index in [0.717, 1.165) is 0 Å². The van der Waals surface area contributed by atoms with Gasteiger partial charge in [0, 0.05) is 58.6 Å². The first-order valence-corrected chi connectivity index (χ1v) is 13.3. The first-order valence-electron chi connectivity index (χ1n) is 11.9. The van der Waals surface area contributed by atoms with Gasteiger partial charge in [0.25, 0.3) is 5.91 Å². The number of halogens is 5. The SMILES string of the molecule is COCCN1CCC(C(=O)NO)(S(=O)(=O)N2CCN(c3ccc(OCC(F)(F)C(F)(F)F)cc3)CC2)CC1. The Hall–Kier alpha value is -2.27. The normalized spacial score (nSPS) is 19.8. The Morgan fingerprint density at radius 1 is 1.03 bits per heavy atom. The molecule has 0 saturated carbocycles. The molecule has 3 rings (SSSR count). The number of hydroxylamine groups is 1. The van der Waals surface area contributed by atoms with Crippen molar-refractivity contribution >= 4 is 21.6 Å². The van der Waals surface area contributed by atoms with Gasteiger partial charge in [-0.05, 0) is 37.1 Å². The molecule has 2 heterocycles. The number of methoxy groups -OCH3 is 1. The lowest BCUT2D eigenvalue weighted by atomic mass is 9.95. The van der Waals surface area contributed by atoms with Crippen molar-refractivity contribution in [1.29, 1.82) is 0 Å². The fraction of sp³-hybridized carbons (Fsp3) is 0.682. The van der Waals surface area contributed by atoms with Crippen LogP contribution in [-0.4, -0.2) is 112 Å². The summed E-state index contributed by atoms with van der Waals surface area (Å²) in [4.78, 5) is 16.4. The van der Waals surface area contributed by atoms with Crippen LogP contribution in [0, 0.1) is 0 Å². The lowest BCUT2D eigenvalue weighted by Crippen LogP contribution is -2.63. The lowest BCUT2D eigenvalue weighted by Gasteiger charge is -2.44. The third-order valence-electron chi connectivity index (χ3n) is 6.90. The van der Waals surface area contributed by atoms with Gasteiger partial charge in [-0.25, -0.2) is 13.9 Å². The zero-order chi connectivity index (χ0) is 28.2. The fourth-order valence-electron chi connectivity index (χ4n) is 4.51. The zero-order valence-electron chi connectivity index (χ0n) is 20.7. The molecule has 0 bridgehead atoms. The van der Waals surface area contributed by atoms with Gasteiger partial charge in [-0.1, -0.05) is 0 Å². The number of amides is 1. The molecule has 1 amide bonds. The number of sulfonamides is 1. The molecule has 1 aromatic rings. The largest absolute Gasteiger partial charge is 0.487 e. The molecular weight excluding hydrogens is 543 g/mol. The number of anilines is 1. The third kappa shape index (κ3) is 6.30. The number of carbonyl (C=O) groups excluding carboxylic acids is 1. The van der Waals surface area contributed by atoms with Crippen LogP contribution in [0.4, 0.5) is 27.6 Å². The zero-order valence-corrected chi connectivity index (χ0v) is 21.5. The van der Waals surface area contributed by atoms with E-state index >= 15 is 0 Å². The molecule has 0 aliphatic carbocycles. The Kier molecular flexibility index (Phi) is 9.45. The summed E-state index contributed by atoms with van der Waals surface area (Å²) in [6.07, 6.45) is -5.72. The number of piperazine rings is 1. The molecular formula is C22H31F5N4O6S. The molecule has 1 aromatic carbocycles. The van der Waals surface area contributed by atoms with Gasteiger partial charge in [0.1, 0.15) is 5.75 Å². The number of carbonyl (C=O) groups is 1. The van der Waals surface area contributed by atoms with Crippen LogP contribution in [-0.2, 0) is 19.6 Å². The van der Waals surface area contributed by atoms with Crippen molar-refractivity contribution in [1.82, 2.24) is 14.7 Å². The minimum absolute atomic E-state index is 0.000498. The highest BCUT2D eigenvalue weighted by Crippen LogP contribution is 2.37. The summed E-state index contributed by atoms with van der Waals surface area (Å²) in [5, 5.41) is 9.33. The van der Waals surface area contributed by atoms with E-state index in [1.807, 2.05) is 9.80 Å². The Morgan fingerprint density at radius 2 is 1.61 bits per heavy atom. The summed E-state index contributed by atoms with van der Waals surface area (Å²) in [5.41, 5.74) is 2.12. The van der Waals surface area contributed by atoms with Gasteiger partial charge in [-0.2, -0.15) is 26.3 Å². The monoisotopic (exact) mass is 574 g/mol. The fourth-order valence-corrected chi connectivity index (χ4v) is 6.62. The second kappa shape index (κ2) is 11.9. The Balaban J connectivity index is 1.62. The summed E-state index contributed by atoms with van der Waals surface area (Å²) in [5.74, 6) is -6.14. The van der Waals surface area contributed by atoms with Gasteiger partial charge in [-0.3, -0.25) is 10.0 Å². The molecule has 2 fully saturated rings. The molecule has 2 aliphatic heterocycles. The molecule has 216 valence electrons. The molecule has 2 N–H and O–H groups in total. The average Bonchev–Trinajstić information content (AvgIpc) is 2.90. The van der Waals surface area contributed by atoms with E-state index < -0.39 is 39.4 Å². The first kappa shape index (κ1) is 30.3. The van der Waals surface area contributed by atoms with Crippen molar-refractivity contribution < 1.29 is 49.8 Å². The molecule has 0 aromatic heterocycles. The number of ether oxygens (including phenoxy) is 2. The van der Waals surface area contributed by atoms with Gasteiger partial charge in [-0.15, -0.1) is 0 Å². The van der Waals surface area contributed by atoms with Crippen LogP contribution >= 0.6 is 0 Å². The van der Waals surface area contributed by atoms with Crippen molar-refractivity contribution in [3.63, 3.8) is 0 Å². The van der Waals surface area contributed by atoms with Gasteiger partial charge >= 0.3 is 12.1 Å². The lowest BCUT2D eigenvalue weighted by molar-refractivity contribution is -0.290. The summed E-state index contributed by atoms with van der Waals surface area (Å²) in [6, 6.07) is 5.45. The Morgan fingerprint density at radius 3 is 2.11 bits per heavy atom. The summed E-state index contributed by atoms with van der Waals surface area (Å²) in [6.45, 7) is 0.434. The second-order valence-corrected chi connectivity index (χ2v) is 11.4. The van der Waals surface area contributed by atoms with Crippen molar-refractivity contribution in [3.05, 3.63) is 24.3 Å². The minimum Gasteiger partial charge on any atom is -0.487 e. The van der Waals surface area contributed by atoms with Crippen molar-refractivity contribution in [3.8, 4) is 5.75 Å². The molecule has 16 heteroatoms. The van der Waals surface area contributed by atoms with E-state index in [4.69, 9.17) is 4.74 Å². The molecule has 0 radical (unpaired) electrons. The van der Waals surface area contributed by atoms with E-state index in [1.165, 1.54) is 34.1 Å². The summed E-state index contributed by atoms with van der Waals surface area (Å²) >= 11 is 0. The van der Waals surface area contributed by atoms with Gasteiger partial charge in [0.2, 0.25) is 10.0 Å². The number of hydrogen-bond acceptors (Lipinski definition) is 8. The molecule has 38 heavy (non-hydrogen) atoms. The number of benzene rings is 1. The van der Waals surface area contributed by atoms with E-state index in [1.54, 1.807) is 7.11 Å². The maximum Gasteiger partial charge on any atom is 0.456 e. The molecule has 0 unspecified atom stereocenters. The number of hydrogen-bond donors (Lipinski definition) is 2. The molecule has 2 saturated heterocycles. The predicted octanol–water partition coefficient (Wildman–Crippen LogP) is 1.70. The number of nitrogens with zero attached hydrogens (tertiary/aromatic N) is 3. The van der Waals surface area contributed by atoms with Crippen molar-refractivity contribution in [2.24, 2.45) is 0 Å². The standard InChI is InChI=1S/C22H31F5N4O6S/c1-36-15-14-29-8-6-20(7-9-29,19(32)28-33)38(34,35)31-12-10-30(11-13-31)17-2-4-18(5-3-17)37-16-21(23,24)22(25,26)27/h2-5,33H,6-16H2,1H3,(H,28,32). The van der Waals surface area contributed by atoms with E-state index in [2.05, 4.69) is 4.74 Å². The van der Waals surface area contributed by atoms with E-state index in [9.17, 15) is 40.4 Å². The van der Waals surface area contributed by atoms with Crippen LogP contribution in [0.3, 0.4) is 0 Å². The Labute approximate surface area is 217 Å². The predicted molar refractivity (Wildman–Crippen MR) is 126 cm³/mol. The molecule has 2 aliphatic rings. The van der Waals surface area contributed by atoms with Crippen LogP contribution in [0.2, 0.25) is 0 Å². The van der Waals surface area contributed by atoms with Gasteiger partial charge in [0.15, 0.2) is 11.4 Å². The number of rotatable bonds is 10. The first-order chi connectivity index (χ1) is 17.8. The quantitative estimate of drug-likeness (QED) is 0.247. The Bertz CT molecular complexity index is 1040. The van der Waals surface area contributed by atoms with Crippen LogP contribution in [0.1, 0.15) is 12.8 Å². The number of piperidine rings is 1. The van der Waals surface area contributed by atoms with E-state index in [-0.39, 0.29) is 44.8 Å². The minimum atomic E-state index is -5.72. The smallest absolute Gasteiger partial charge is 0.456 e. The van der Waals surface area contributed by atoms with Crippen molar-refractivity contribution in [2.45, 2.75) is 29.7 Å². The number of alkyl halides is 5. The molecule has 10 nitrogen and oxygen atoms in total. The molecule has 0 spiro atoms. The average molecular weight is 575 g/mol. The van der Waals surface area contributed by atoms with Crippen LogP contribution in [0.5, 0.6) is 5.75 Å². The van der Waals surface area contributed by atoms with Gasteiger partial charge < -0.3 is 19.3 Å². The number of likely N-dealkylation sites (tertiary alicyclic amines) is 1. The molecule has 0 atom stereocenters.